The number of amides is 1. The number of anilines is 1. The molecule has 0 fully saturated rings. The summed E-state index contributed by atoms with van der Waals surface area (Å²) < 4.78 is 9.68. The van der Waals surface area contributed by atoms with Gasteiger partial charge >= 0.3 is 5.97 Å². The number of carbonyl (C=O) groups is 3. The van der Waals surface area contributed by atoms with Crippen molar-refractivity contribution >= 4 is 23.3 Å². The van der Waals surface area contributed by atoms with Crippen molar-refractivity contribution in [2.45, 2.75) is 13.8 Å². The number of benzene rings is 1. The molecule has 120 valence electrons. The minimum Gasteiger partial charge on any atom is -0.472 e. The van der Waals surface area contributed by atoms with Crippen molar-refractivity contribution in [1.82, 2.24) is 0 Å². The maximum absolute atomic E-state index is 12.0. The number of esters is 1. The number of hydrogen-bond acceptors (Lipinski definition) is 5. The second-order valence-electron chi connectivity index (χ2n) is 5.23. The summed E-state index contributed by atoms with van der Waals surface area (Å²) in [5.74, 6) is -1.17. The van der Waals surface area contributed by atoms with Gasteiger partial charge in [0.15, 0.2) is 12.4 Å². The fourth-order valence-electron chi connectivity index (χ4n) is 1.70. The van der Waals surface area contributed by atoms with Crippen LogP contribution in [-0.4, -0.2) is 24.3 Å². The molecule has 6 heteroatoms. The summed E-state index contributed by atoms with van der Waals surface area (Å²) in [6.07, 6.45) is 2.60. The molecule has 0 unspecified atom stereocenters. The van der Waals surface area contributed by atoms with Crippen LogP contribution in [0.3, 0.4) is 0 Å². The van der Waals surface area contributed by atoms with Gasteiger partial charge in [-0.05, 0) is 30.3 Å². The molecule has 23 heavy (non-hydrogen) atoms. The molecule has 0 aliphatic heterocycles. The van der Waals surface area contributed by atoms with Gasteiger partial charge in [0, 0.05) is 17.2 Å². The van der Waals surface area contributed by atoms with Gasteiger partial charge in [0.05, 0.1) is 11.8 Å². The predicted octanol–water partition coefficient (Wildman–Crippen LogP) is 2.91. The van der Waals surface area contributed by atoms with Gasteiger partial charge in [0.2, 0.25) is 5.91 Å². The maximum Gasteiger partial charge on any atom is 0.341 e. The summed E-state index contributed by atoms with van der Waals surface area (Å²) >= 11 is 0. The van der Waals surface area contributed by atoms with Gasteiger partial charge in [-0.25, -0.2) is 4.79 Å². The van der Waals surface area contributed by atoms with Gasteiger partial charge in [0.25, 0.3) is 0 Å². The van der Waals surface area contributed by atoms with E-state index in [9.17, 15) is 14.4 Å². The van der Waals surface area contributed by atoms with Gasteiger partial charge in [-0.15, -0.1) is 0 Å². The number of rotatable bonds is 6. The zero-order valence-corrected chi connectivity index (χ0v) is 12.9. The number of Topliss-reactive ketones (excluding diaryl/α,β-unsaturated/α-hetero) is 1. The summed E-state index contributed by atoms with van der Waals surface area (Å²) in [5.41, 5.74) is 1.26. The lowest BCUT2D eigenvalue weighted by Gasteiger charge is -2.08. The van der Waals surface area contributed by atoms with E-state index in [0.717, 1.165) is 0 Å². The third kappa shape index (κ3) is 4.54. The second-order valence-corrected chi connectivity index (χ2v) is 5.23. The Balaban J connectivity index is 1.90. The first kappa shape index (κ1) is 16.5. The van der Waals surface area contributed by atoms with E-state index >= 15 is 0 Å². The molecular weight excluding hydrogens is 298 g/mol. The van der Waals surface area contributed by atoms with E-state index in [1.165, 1.54) is 18.6 Å². The van der Waals surface area contributed by atoms with E-state index < -0.39 is 5.97 Å². The Bertz CT molecular complexity index is 686. The molecule has 1 N–H and O–H groups in total. The molecule has 0 aliphatic carbocycles. The molecule has 0 saturated carbocycles. The molecule has 0 aliphatic rings. The monoisotopic (exact) mass is 315 g/mol. The lowest BCUT2D eigenvalue weighted by Crippen LogP contribution is -2.18. The Labute approximate surface area is 133 Å². The topological polar surface area (TPSA) is 85.6 Å². The third-order valence-electron chi connectivity index (χ3n) is 3.09. The highest BCUT2D eigenvalue weighted by atomic mass is 16.5. The Morgan fingerprint density at radius 2 is 1.78 bits per heavy atom. The van der Waals surface area contributed by atoms with Crippen LogP contribution in [0.15, 0.2) is 47.3 Å². The molecule has 1 amide bonds. The number of hydrogen-bond donors (Lipinski definition) is 1. The molecule has 0 bridgehead atoms. The largest absolute Gasteiger partial charge is 0.472 e. The number of ether oxygens (including phenoxy) is 1. The standard InChI is InChI=1S/C17H17NO5/c1-11(2)16(20)18-14-5-3-12(4-6-14)15(19)10-23-17(21)13-7-8-22-9-13/h3-9,11H,10H2,1-2H3,(H,18,20). The van der Waals surface area contributed by atoms with Crippen LogP contribution >= 0.6 is 0 Å². The minimum absolute atomic E-state index is 0.0990. The van der Waals surface area contributed by atoms with E-state index in [1.54, 1.807) is 38.1 Å². The molecule has 1 aromatic heterocycles. The highest BCUT2D eigenvalue weighted by Crippen LogP contribution is 2.12. The highest BCUT2D eigenvalue weighted by molar-refractivity contribution is 6.00. The fourth-order valence-corrected chi connectivity index (χ4v) is 1.70. The normalized spacial score (nSPS) is 10.4. The summed E-state index contributed by atoms with van der Waals surface area (Å²) in [4.78, 5) is 35.1. The predicted molar refractivity (Wildman–Crippen MR) is 83.2 cm³/mol. The van der Waals surface area contributed by atoms with Crippen molar-refractivity contribution < 1.29 is 23.5 Å². The summed E-state index contributed by atoms with van der Waals surface area (Å²) in [6, 6.07) is 7.86. The number of ketones is 1. The number of furan rings is 1. The fraction of sp³-hybridized carbons (Fsp3) is 0.235. The zero-order valence-electron chi connectivity index (χ0n) is 12.9. The first-order valence-corrected chi connectivity index (χ1v) is 7.11. The van der Waals surface area contributed by atoms with Crippen molar-refractivity contribution in [2.24, 2.45) is 5.92 Å². The molecule has 0 saturated heterocycles. The van der Waals surface area contributed by atoms with Crippen LogP contribution in [0.1, 0.15) is 34.6 Å². The van der Waals surface area contributed by atoms with Crippen molar-refractivity contribution in [3.05, 3.63) is 54.0 Å². The second kappa shape index (κ2) is 7.40. The van der Waals surface area contributed by atoms with Crippen LogP contribution in [0, 0.1) is 5.92 Å². The van der Waals surface area contributed by atoms with E-state index in [-0.39, 0.29) is 29.8 Å². The van der Waals surface area contributed by atoms with E-state index in [2.05, 4.69) is 5.32 Å². The molecular formula is C17H17NO5. The maximum atomic E-state index is 12.0. The molecule has 0 spiro atoms. The third-order valence-corrected chi connectivity index (χ3v) is 3.09. The van der Waals surface area contributed by atoms with Crippen molar-refractivity contribution in [2.75, 3.05) is 11.9 Å². The Morgan fingerprint density at radius 1 is 1.09 bits per heavy atom. The van der Waals surface area contributed by atoms with Crippen LogP contribution in [0.5, 0.6) is 0 Å². The van der Waals surface area contributed by atoms with Gasteiger partial charge in [-0.3, -0.25) is 9.59 Å². The molecule has 0 radical (unpaired) electrons. The lowest BCUT2D eigenvalue weighted by atomic mass is 10.1. The van der Waals surface area contributed by atoms with Gasteiger partial charge in [-0.1, -0.05) is 13.8 Å². The Morgan fingerprint density at radius 3 is 2.35 bits per heavy atom. The Kier molecular flexibility index (Phi) is 5.30. The van der Waals surface area contributed by atoms with Gasteiger partial charge in [-0.2, -0.15) is 0 Å². The SMILES string of the molecule is CC(C)C(=O)Nc1ccc(C(=O)COC(=O)c2ccoc2)cc1. The van der Waals surface area contributed by atoms with E-state index in [1.807, 2.05) is 0 Å². The molecule has 6 nitrogen and oxygen atoms in total. The minimum atomic E-state index is -0.618. The molecule has 1 heterocycles. The number of nitrogens with one attached hydrogen (secondary N) is 1. The summed E-state index contributed by atoms with van der Waals surface area (Å²) in [6.45, 7) is 3.23. The lowest BCUT2D eigenvalue weighted by molar-refractivity contribution is -0.118. The molecule has 2 rings (SSSR count). The van der Waals surface area contributed by atoms with Gasteiger partial charge < -0.3 is 14.5 Å². The smallest absolute Gasteiger partial charge is 0.341 e. The van der Waals surface area contributed by atoms with E-state index in [4.69, 9.17) is 9.15 Å². The average Bonchev–Trinajstić information content (AvgIpc) is 3.07. The Hall–Kier alpha value is -2.89. The number of carbonyl (C=O) groups excluding carboxylic acids is 3. The molecule has 2 aromatic rings. The van der Waals surface area contributed by atoms with Crippen LogP contribution in [0.2, 0.25) is 0 Å². The van der Waals surface area contributed by atoms with Crippen LogP contribution in [0.25, 0.3) is 0 Å². The molecule has 0 atom stereocenters. The molecule has 1 aromatic carbocycles. The van der Waals surface area contributed by atoms with E-state index in [0.29, 0.717) is 11.3 Å². The van der Waals surface area contributed by atoms with Crippen molar-refractivity contribution in [3.63, 3.8) is 0 Å². The van der Waals surface area contributed by atoms with Crippen LogP contribution < -0.4 is 5.32 Å². The van der Waals surface area contributed by atoms with Gasteiger partial charge in [0.1, 0.15) is 6.26 Å². The van der Waals surface area contributed by atoms with Crippen LogP contribution in [0.4, 0.5) is 5.69 Å². The summed E-state index contributed by atoms with van der Waals surface area (Å²) in [5, 5.41) is 2.73. The van der Waals surface area contributed by atoms with Crippen LogP contribution in [-0.2, 0) is 9.53 Å². The average molecular weight is 315 g/mol. The summed E-state index contributed by atoms with van der Waals surface area (Å²) in [7, 11) is 0. The first-order chi connectivity index (χ1) is 11.0. The quantitative estimate of drug-likeness (QED) is 0.654. The van der Waals surface area contributed by atoms with Crippen molar-refractivity contribution in [3.8, 4) is 0 Å². The highest BCUT2D eigenvalue weighted by Gasteiger charge is 2.13. The van der Waals surface area contributed by atoms with Crippen molar-refractivity contribution in [1.29, 1.82) is 0 Å². The first-order valence-electron chi connectivity index (χ1n) is 7.11. The zero-order chi connectivity index (χ0) is 16.8.